The van der Waals surface area contributed by atoms with Gasteiger partial charge in [0.2, 0.25) is 0 Å². The number of hydrogen-bond donors (Lipinski definition) is 2. The van der Waals surface area contributed by atoms with E-state index in [0.29, 0.717) is 12.1 Å². The van der Waals surface area contributed by atoms with Crippen molar-refractivity contribution >= 4 is 0 Å². The van der Waals surface area contributed by atoms with E-state index in [4.69, 9.17) is 5.73 Å². The number of rotatable bonds is 5. The van der Waals surface area contributed by atoms with Crippen molar-refractivity contribution in [2.75, 3.05) is 6.54 Å². The summed E-state index contributed by atoms with van der Waals surface area (Å²) >= 11 is 0. The van der Waals surface area contributed by atoms with Crippen molar-refractivity contribution in [3.63, 3.8) is 0 Å². The highest BCUT2D eigenvalue weighted by atomic mass is 15.6. The molecule has 2 aliphatic rings. The second-order valence-electron chi connectivity index (χ2n) is 7.36. The molecule has 1 saturated carbocycles. The van der Waals surface area contributed by atoms with Gasteiger partial charge in [0.15, 0.2) is 0 Å². The van der Waals surface area contributed by atoms with Crippen LogP contribution < -0.4 is 11.2 Å². The highest BCUT2D eigenvalue weighted by Gasteiger charge is 2.37. The number of piperidine rings is 1. The van der Waals surface area contributed by atoms with Gasteiger partial charge >= 0.3 is 0 Å². The maximum absolute atomic E-state index is 6.18. The Balaban J connectivity index is 1.94. The molecule has 2 unspecified atom stereocenters. The highest BCUT2D eigenvalue weighted by Crippen LogP contribution is 2.35. The van der Waals surface area contributed by atoms with Crippen LogP contribution in [0.25, 0.3) is 0 Å². The molecule has 3 nitrogen and oxygen atoms in total. The van der Waals surface area contributed by atoms with Crippen LogP contribution in [-0.4, -0.2) is 29.2 Å². The van der Waals surface area contributed by atoms with Crippen LogP contribution in [0, 0.1) is 5.92 Å². The predicted molar refractivity (Wildman–Crippen MR) is 86.4 cm³/mol. The minimum atomic E-state index is 0.171. The van der Waals surface area contributed by atoms with Gasteiger partial charge in [-0.2, -0.15) is 0 Å². The summed E-state index contributed by atoms with van der Waals surface area (Å²) in [5, 5.41) is 2.52. The van der Waals surface area contributed by atoms with Gasteiger partial charge in [-0.15, -0.1) is 0 Å². The summed E-state index contributed by atoms with van der Waals surface area (Å²) < 4.78 is 0. The van der Waals surface area contributed by atoms with Gasteiger partial charge in [-0.3, -0.25) is 0 Å². The Morgan fingerprint density at radius 2 is 1.70 bits per heavy atom. The second-order valence-corrected chi connectivity index (χ2v) is 7.36. The van der Waals surface area contributed by atoms with Gasteiger partial charge in [-0.05, 0) is 58.3 Å². The molecule has 3 N–H and O–H groups in total. The van der Waals surface area contributed by atoms with Gasteiger partial charge < -0.3 is 5.73 Å². The summed E-state index contributed by atoms with van der Waals surface area (Å²) in [7, 11) is 0. The Morgan fingerprint density at radius 3 is 2.20 bits per heavy atom. The first-order valence-electron chi connectivity index (χ1n) is 8.86. The Labute approximate surface area is 125 Å². The third-order valence-electron chi connectivity index (χ3n) is 5.71. The van der Waals surface area contributed by atoms with E-state index in [0.717, 1.165) is 12.5 Å². The van der Waals surface area contributed by atoms with Crippen molar-refractivity contribution < 1.29 is 0 Å². The Hall–Kier alpha value is -0.120. The molecule has 118 valence electrons. The monoisotopic (exact) mass is 281 g/mol. The zero-order chi connectivity index (χ0) is 14.6. The molecule has 0 aromatic carbocycles. The lowest BCUT2D eigenvalue weighted by molar-refractivity contribution is -0.0143. The van der Waals surface area contributed by atoms with E-state index in [-0.39, 0.29) is 5.54 Å². The fourth-order valence-electron chi connectivity index (χ4n) is 4.20. The average Bonchev–Trinajstić information content (AvgIpc) is 2.45. The van der Waals surface area contributed by atoms with Crippen molar-refractivity contribution in [2.45, 2.75) is 96.2 Å². The highest BCUT2D eigenvalue weighted by molar-refractivity contribution is 4.94. The number of nitrogens with two attached hydrogens (primary N) is 1. The van der Waals surface area contributed by atoms with Gasteiger partial charge in [0.05, 0.1) is 0 Å². The summed E-state index contributed by atoms with van der Waals surface area (Å²) in [6.07, 6.45) is 11.9. The average molecular weight is 281 g/mol. The van der Waals surface area contributed by atoms with Gasteiger partial charge in [-0.1, -0.05) is 26.2 Å². The molecule has 20 heavy (non-hydrogen) atoms. The maximum atomic E-state index is 6.18. The van der Waals surface area contributed by atoms with Crippen molar-refractivity contribution in [2.24, 2.45) is 11.7 Å². The summed E-state index contributed by atoms with van der Waals surface area (Å²) in [5.41, 5.74) is 10.2. The molecule has 0 bridgehead atoms. The number of nitrogens with one attached hydrogen (secondary N) is 1. The first kappa shape index (κ1) is 16.3. The first-order chi connectivity index (χ1) is 9.60. The Morgan fingerprint density at radius 1 is 1.10 bits per heavy atom. The zero-order valence-corrected chi connectivity index (χ0v) is 13.8. The van der Waals surface area contributed by atoms with Crippen LogP contribution in [-0.2, 0) is 0 Å². The number of hydrazine groups is 1. The molecule has 0 aromatic heterocycles. The van der Waals surface area contributed by atoms with Crippen LogP contribution in [0.3, 0.4) is 0 Å². The molecule has 0 radical (unpaired) electrons. The van der Waals surface area contributed by atoms with E-state index in [2.05, 4.69) is 31.2 Å². The van der Waals surface area contributed by atoms with Crippen molar-refractivity contribution in [3.8, 4) is 0 Å². The van der Waals surface area contributed by atoms with Crippen molar-refractivity contribution in [3.05, 3.63) is 0 Å². The largest absolute Gasteiger partial charge is 0.329 e. The lowest BCUT2D eigenvalue weighted by atomic mass is 9.75. The normalized spacial score (nSPS) is 39.9. The number of hydrogen-bond acceptors (Lipinski definition) is 3. The quantitative estimate of drug-likeness (QED) is 0.811. The second kappa shape index (κ2) is 7.24. The first-order valence-corrected chi connectivity index (χ1v) is 8.86. The number of nitrogens with zero attached hydrogens (tertiary/aromatic N) is 1. The third-order valence-corrected chi connectivity index (χ3v) is 5.71. The van der Waals surface area contributed by atoms with E-state index >= 15 is 0 Å². The molecule has 2 rings (SSSR count). The fourth-order valence-corrected chi connectivity index (χ4v) is 4.20. The minimum Gasteiger partial charge on any atom is -0.329 e. The molecule has 1 aliphatic heterocycles. The van der Waals surface area contributed by atoms with E-state index in [9.17, 15) is 0 Å². The Bertz CT molecular complexity index is 274. The van der Waals surface area contributed by atoms with Crippen molar-refractivity contribution in [1.82, 2.24) is 10.4 Å². The van der Waals surface area contributed by atoms with Crippen LogP contribution in [0.1, 0.15) is 78.6 Å². The standard InChI is InChI=1S/C17H35N3/c1-4-6-16-9-11-17(13-18,12-10-16)19-20-14(2)7-5-8-15(20)3/h14-16,19H,4-13,18H2,1-3H3. The SMILES string of the molecule is CCCC1CCC(CN)(NN2C(C)CCCC2C)CC1. The molecule has 1 aliphatic carbocycles. The molecular weight excluding hydrogens is 246 g/mol. The van der Waals surface area contributed by atoms with Crippen LogP contribution in [0.4, 0.5) is 0 Å². The molecule has 2 atom stereocenters. The van der Waals surface area contributed by atoms with Gasteiger partial charge in [0, 0.05) is 24.2 Å². The summed E-state index contributed by atoms with van der Waals surface area (Å²) in [6.45, 7) is 7.80. The molecule has 0 amide bonds. The molecule has 1 heterocycles. The molecule has 3 heteroatoms. The van der Waals surface area contributed by atoms with Crippen LogP contribution >= 0.6 is 0 Å². The molecule has 0 aromatic rings. The molecule has 0 spiro atoms. The lowest BCUT2D eigenvalue weighted by Gasteiger charge is -2.48. The summed E-state index contributed by atoms with van der Waals surface area (Å²) in [4.78, 5) is 0. The smallest absolute Gasteiger partial charge is 0.0448 e. The van der Waals surface area contributed by atoms with Crippen molar-refractivity contribution in [1.29, 1.82) is 0 Å². The van der Waals surface area contributed by atoms with Crippen LogP contribution in [0.2, 0.25) is 0 Å². The van der Waals surface area contributed by atoms with E-state index < -0.39 is 0 Å². The van der Waals surface area contributed by atoms with Gasteiger partial charge in [-0.25, -0.2) is 10.4 Å². The lowest BCUT2D eigenvalue weighted by Crippen LogP contribution is -2.64. The molecular formula is C17H35N3. The van der Waals surface area contributed by atoms with Crippen LogP contribution in [0.5, 0.6) is 0 Å². The van der Waals surface area contributed by atoms with Gasteiger partial charge in [0.1, 0.15) is 0 Å². The van der Waals surface area contributed by atoms with E-state index in [1.54, 1.807) is 0 Å². The van der Waals surface area contributed by atoms with E-state index in [1.165, 1.54) is 57.8 Å². The fraction of sp³-hybridized carbons (Fsp3) is 1.00. The molecule has 2 fully saturated rings. The molecule has 1 saturated heterocycles. The topological polar surface area (TPSA) is 41.3 Å². The van der Waals surface area contributed by atoms with E-state index in [1.807, 2.05) is 0 Å². The zero-order valence-electron chi connectivity index (χ0n) is 13.8. The predicted octanol–water partition coefficient (Wildman–Crippen LogP) is 3.44. The third kappa shape index (κ3) is 3.75. The Kier molecular flexibility index (Phi) is 5.88. The summed E-state index contributed by atoms with van der Waals surface area (Å²) in [6, 6.07) is 1.30. The maximum Gasteiger partial charge on any atom is 0.0448 e. The minimum absolute atomic E-state index is 0.171. The summed E-state index contributed by atoms with van der Waals surface area (Å²) in [5.74, 6) is 0.942. The van der Waals surface area contributed by atoms with Crippen LogP contribution in [0.15, 0.2) is 0 Å². The van der Waals surface area contributed by atoms with Gasteiger partial charge in [0.25, 0.3) is 0 Å².